The first-order valence-electron chi connectivity index (χ1n) is 20.1. The molecule has 6 atom stereocenters. The normalized spacial score (nSPS) is 28.8. The SMILES string of the molecule is O=C1C=CCC2[C@H](N3CCOCC3)c3onc(OCc4ccccc4)c3C(=O)[C@@]12O.O=C1C=CCC2[C@H](N3CCOCC3)c3onc(OCc4ccccc4)c3C(=O)[C@]12O. The smallest absolute Gasteiger partial charge is 0.265 e. The van der Waals surface area contributed by atoms with Gasteiger partial charge in [0.05, 0.1) is 38.5 Å². The van der Waals surface area contributed by atoms with Gasteiger partial charge in [-0.3, -0.25) is 29.0 Å². The predicted molar refractivity (Wildman–Crippen MR) is 208 cm³/mol. The molecule has 0 radical (unpaired) electrons. The van der Waals surface area contributed by atoms with Gasteiger partial charge >= 0.3 is 0 Å². The molecule has 2 N–H and O–H groups in total. The summed E-state index contributed by atoms with van der Waals surface area (Å²) in [6.45, 7) is 4.89. The molecule has 2 saturated heterocycles. The number of hydrogen-bond donors (Lipinski definition) is 2. The van der Waals surface area contributed by atoms with E-state index in [9.17, 15) is 29.4 Å². The average Bonchev–Trinajstić information content (AvgIpc) is 3.91. The molecule has 60 heavy (non-hydrogen) atoms. The summed E-state index contributed by atoms with van der Waals surface area (Å²) in [6, 6.07) is 18.0. The molecule has 10 rings (SSSR count). The van der Waals surface area contributed by atoms with Crippen LogP contribution in [-0.2, 0) is 32.3 Å². The monoisotopic (exact) mass is 820 g/mol. The third-order valence-electron chi connectivity index (χ3n) is 12.3. The van der Waals surface area contributed by atoms with Gasteiger partial charge in [0.2, 0.25) is 11.6 Å². The molecule has 4 aromatic rings. The van der Waals surface area contributed by atoms with Crippen LogP contribution in [-0.4, -0.2) is 117 Å². The summed E-state index contributed by atoms with van der Waals surface area (Å²) in [5.74, 6) is -3.21. The van der Waals surface area contributed by atoms with Gasteiger partial charge in [0.1, 0.15) is 24.3 Å². The number of aromatic nitrogens is 2. The van der Waals surface area contributed by atoms with E-state index in [1.54, 1.807) is 12.2 Å². The number of ether oxygens (including phenoxy) is 4. The molecule has 2 aromatic carbocycles. The summed E-state index contributed by atoms with van der Waals surface area (Å²) in [5.41, 5.74) is -2.39. The first-order chi connectivity index (χ1) is 29.2. The van der Waals surface area contributed by atoms with E-state index in [0.29, 0.717) is 77.0 Å². The Labute approximate surface area is 344 Å². The van der Waals surface area contributed by atoms with E-state index in [0.717, 1.165) is 11.1 Å². The second-order valence-corrected chi connectivity index (χ2v) is 15.6. The number of fused-ring (bicyclic) bond motifs is 4. The van der Waals surface area contributed by atoms with Crippen LogP contribution >= 0.6 is 0 Å². The Morgan fingerprint density at radius 3 is 1.37 bits per heavy atom. The Bertz CT molecular complexity index is 2150. The van der Waals surface area contributed by atoms with Gasteiger partial charge in [-0.1, -0.05) is 72.8 Å². The molecule has 2 unspecified atom stereocenters. The van der Waals surface area contributed by atoms with Crippen molar-refractivity contribution in [3.63, 3.8) is 0 Å². The van der Waals surface area contributed by atoms with Crippen LogP contribution in [0.15, 0.2) is 94.0 Å². The van der Waals surface area contributed by atoms with E-state index in [-0.39, 0.29) is 36.1 Å². The molecule has 6 aliphatic rings. The lowest BCUT2D eigenvalue weighted by Crippen LogP contribution is -2.61. The van der Waals surface area contributed by atoms with Crippen LogP contribution in [0.3, 0.4) is 0 Å². The molecular weight excluding hydrogens is 776 g/mol. The highest BCUT2D eigenvalue weighted by atomic mass is 16.5. The fourth-order valence-corrected chi connectivity index (χ4v) is 9.22. The molecule has 2 aromatic heterocycles. The number of rotatable bonds is 8. The van der Waals surface area contributed by atoms with Crippen molar-refractivity contribution in [1.29, 1.82) is 0 Å². The predicted octanol–water partition coefficient (Wildman–Crippen LogP) is 3.40. The zero-order valence-corrected chi connectivity index (χ0v) is 32.6. The van der Waals surface area contributed by atoms with Crippen molar-refractivity contribution < 1.29 is 57.4 Å². The number of nitrogens with zero attached hydrogens (tertiary/aromatic N) is 4. The molecule has 0 amide bonds. The first-order valence-corrected chi connectivity index (χ1v) is 20.1. The lowest BCUT2D eigenvalue weighted by atomic mass is 9.65. The van der Waals surface area contributed by atoms with Crippen LogP contribution in [0.1, 0.15) is 68.3 Å². The molecule has 312 valence electrons. The number of morpholine rings is 2. The van der Waals surface area contributed by atoms with Crippen LogP contribution in [0.5, 0.6) is 11.8 Å². The molecule has 16 heteroatoms. The molecule has 0 spiro atoms. The molecular formula is C44H44N4O12. The van der Waals surface area contributed by atoms with Crippen LogP contribution in [0.25, 0.3) is 0 Å². The quantitative estimate of drug-likeness (QED) is 0.245. The van der Waals surface area contributed by atoms with Gasteiger partial charge in [0, 0.05) is 38.0 Å². The van der Waals surface area contributed by atoms with Gasteiger partial charge in [-0.15, -0.1) is 0 Å². The number of carbonyl (C=O) groups is 4. The Balaban J connectivity index is 0.000000154. The van der Waals surface area contributed by atoms with Gasteiger partial charge in [0.15, 0.2) is 34.3 Å². The van der Waals surface area contributed by atoms with Crippen molar-refractivity contribution in [3.05, 3.63) is 119 Å². The summed E-state index contributed by atoms with van der Waals surface area (Å²) in [5, 5.41) is 30.7. The molecule has 4 heterocycles. The Hall–Kier alpha value is -5.62. The van der Waals surface area contributed by atoms with Crippen molar-refractivity contribution in [2.45, 2.75) is 49.3 Å². The molecule has 0 saturated carbocycles. The van der Waals surface area contributed by atoms with Crippen LogP contribution in [0, 0.1) is 11.8 Å². The lowest BCUT2D eigenvalue weighted by molar-refractivity contribution is -0.139. The fourth-order valence-electron chi connectivity index (χ4n) is 9.22. The Morgan fingerprint density at radius 2 is 0.983 bits per heavy atom. The molecule has 2 fully saturated rings. The summed E-state index contributed by atoms with van der Waals surface area (Å²) in [4.78, 5) is 56.4. The van der Waals surface area contributed by atoms with E-state index in [1.165, 1.54) is 12.2 Å². The zero-order valence-electron chi connectivity index (χ0n) is 32.6. The summed E-state index contributed by atoms with van der Waals surface area (Å²) < 4.78 is 33.7. The van der Waals surface area contributed by atoms with E-state index in [1.807, 2.05) is 60.7 Å². The van der Waals surface area contributed by atoms with Gasteiger partial charge in [-0.25, -0.2) is 0 Å². The van der Waals surface area contributed by atoms with Crippen LogP contribution in [0.2, 0.25) is 0 Å². The topological polar surface area (TPSA) is 204 Å². The number of ketones is 4. The average molecular weight is 821 g/mol. The Kier molecular flexibility index (Phi) is 10.9. The van der Waals surface area contributed by atoms with E-state index < -0.39 is 58.3 Å². The van der Waals surface area contributed by atoms with Gasteiger partial charge in [0.25, 0.3) is 11.8 Å². The number of allylic oxidation sites excluding steroid dienone is 2. The first kappa shape index (κ1) is 39.8. The van der Waals surface area contributed by atoms with Crippen molar-refractivity contribution in [1.82, 2.24) is 20.1 Å². The molecule has 2 aliphatic heterocycles. The standard InChI is InChI=1S/2C22H22N2O6/c2*25-16-8-4-7-15-18(24-9-11-28-12-10-24)19-17(20(26)22(15,16)27)21(23-30-19)29-13-14-5-2-1-3-6-14/h2*1-6,8,15,18,27H,7,9-13H2/t15?,18-,22+;15?,18-,22-/m00/s1. The third-order valence-corrected chi connectivity index (χ3v) is 12.3. The van der Waals surface area contributed by atoms with Gasteiger partial charge in [-0.2, -0.15) is 0 Å². The number of carbonyl (C=O) groups excluding carboxylic acids is 4. The largest absolute Gasteiger partial charge is 0.470 e. The number of aliphatic hydroxyl groups is 2. The summed E-state index contributed by atoms with van der Waals surface area (Å²) in [6.07, 6.45) is 6.75. The highest BCUT2D eigenvalue weighted by molar-refractivity contribution is 6.24. The minimum atomic E-state index is -2.15. The van der Waals surface area contributed by atoms with Crippen LogP contribution in [0.4, 0.5) is 0 Å². The van der Waals surface area contributed by atoms with Crippen molar-refractivity contribution >= 4 is 23.1 Å². The van der Waals surface area contributed by atoms with E-state index in [4.69, 9.17) is 28.0 Å². The molecule has 4 aliphatic carbocycles. The highest BCUT2D eigenvalue weighted by Crippen LogP contribution is 2.52. The zero-order chi connectivity index (χ0) is 41.4. The summed E-state index contributed by atoms with van der Waals surface area (Å²) in [7, 11) is 0. The highest BCUT2D eigenvalue weighted by Gasteiger charge is 2.63. The molecule has 16 nitrogen and oxygen atoms in total. The maximum Gasteiger partial charge on any atom is 0.265 e. The number of Topliss-reactive ketones (excluding diaryl/α,β-unsaturated/α-hetero) is 2. The summed E-state index contributed by atoms with van der Waals surface area (Å²) >= 11 is 0. The maximum absolute atomic E-state index is 13.4. The second kappa shape index (κ2) is 16.4. The third kappa shape index (κ3) is 6.82. The second-order valence-electron chi connectivity index (χ2n) is 15.6. The van der Waals surface area contributed by atoms with Crippen molar-refractivity contribution in [2.24, 2.45) is 11.8 Å². The fraction of sp³-hybridized carbons (Fsp3) is 0.409. The minimum Gasteiger partial charge on any atom is -0.470 e. The van der Waals surface area contributed by atoms with Crippen molar-refractivity contribution in [2.75, 3.05) is 52.6 Å². The molecule has 0 bridgehead atoms. The van der Waals surface area contributed by atoms with Crippen molar-refractivity contribution in [3.8, 4) is 11.8 Å². The van der Waals surface area contributed by atoms with E-state index in [2.05, 4.69) is 20.1 Å². The number of benzene rings is 2. The maximum atomic E-state index is 13.4. The van der Waals surface area contributed by atoms with Gasteiger partial charge < -0.3 is 38.2 Å². The lowest BCUT2D eigenvalue weighted by Gasteiger charge is -2.46. The number of hydrogen-bond acceptors (Lipinski definition) is 16. The minimum absolute atomic E-state index is 0.00587. The van der Waals surface area contributed by atoms with Crippen LogP contribution < -0.4 is 9.47 Å². The van der Waals surface area contributed by atoms with E-state index >= 15 is 0 Å². The Morgan fingerprint density at radius 1 is 0.600 bits per heavy atom. The van der Waals surface area contributed by atoms with Gasteiger partial charge in [-0.05, 0) is 46.4 Å².